The minimum atomic E-state index is 0.828. The first-order valence-corrected chi connectivity index (χ1v) is 9.83. The zero-order chi connectivity index (χ0) is 12.5. The fourth-order valence-electron chi connectivity index (χ4n) is 4.59. The Hall–Kier alpha value is 0.960. The lowest BCUT2D eigenvalue weighted by molar-refractivity contribution is 0.187. The van der Waals surface area contributed by atoms with Gasteiger partial charge in [0.25, 0.3) is 0 Å². The lowest BCUT2D eigenvalue weighted by Gasteiger charge is -2.39. The van der Waals surface area contributed by atoms with Gasteiger partial charge in [0, 0.05) is 9.65 Å². The molecule has 0 amide bonds. The molecule has 18 heavy (non-hydrogen) atoms. The summed E-state index contributed by atoms with van der Waals surface area (Å²) in [5, 5.41) is 0. The first kappa shape index (κ1) is 13.9. The summed E-state index contributed by atoms with van der Waals surface area (Å²) >= 11 is 7.98. The lowest BCUT2D eigenvalue weighted by Crippen LogP contribution is -2.31. The van der Waals surface area contributed by atoms with Gasteiger partial charge in [-0.25, -0.2) is 0 Å². The van der Waals surface area contributed by atoms with E-state index >= 15 is 0 Å². The van der Waals surface area contributed by atoms with Crippen LogP contribution in [0, 0.1) is 23.7 Å². The van der Waals surface area contributed by atoms with Crippen LogP contribution < -0.4 is 0 Å². The van der Waals surface area contributed by atoms with Gasteiger partial charge in [-0.1, -0.05) is 57.5 Å². The predicted octanol–water partition coefficient (Wildman–Crippen LogP) is 5.92. The Bertz CT molecular complexity index is 250. The molecule has 0 saturated heterocycles. The first-order chi connectivity index (χ1) is 8.72. The summed E-state index contributed by atoms with van der Waals surface area (Å²) in [4.78, 5) is 1.66. The van der Waals surface area contributed by atoms with Gasteiger partial charge in [-0.15, -0.1) is 0 Å². The van der Waals surface area contributed by atoms with E-state index in [-0.39, 0.29) is 0 Å². The van der Waals surface area contributed by atoms with E-state index in [0.29, 0.717) is 0 Å². The Labute approximate surface area is 129 Å². The van der Waals surface area contributed by atoms with Crippen molar-refractivity contribution in [2.24, 2.45) is 23.7 Å². The van der Waals surface area contributed by atoms with Crippen molar-refractivity contribution in [1.29, 1.82) is 0 Å². The smallest absolute Gasteiger partial charge is 0.0176 e. The van der Waals surface area contributed by atoms with E-state index in [1.807, 2.05) is 0 Å². The average molecular weight is 378 g/mol. The van der Waals surface area contributed by atoms with Gasteiger partial charge in [0.1, 0.15) is 0 Å². The molecule has 2 heteroatoms. The highest BCUT2D eigenvalue weighted by molar-refractivity contribution is 9.09. The Balaban J connectivity index is 1.70. The number of hydrogen-bond donors (Lipinski definition) is 0. The molecule has 0 aliphatic heterocycles. The number of hydrogen-bond acceptors (Lipinski definition) is 0. The van der Waals surface area contributed by atoms with E-state index in [1.165, 1.54) is 64.2 Å². The standard InChI is InChI=1S/C16H26Br2/c17-15-9-11-1-5-13(15)8-4-12-2-6-14(7-3-11)16(18)10-12/h11-16H,1-10H2/t11-,12-,13+,14+,15?,16?/m0/s1. The van der Waals surface area contributed by atoms with Crippen LogP contribution in [0.3, 0.4) is 0 Å². The minimum absolute atomic E-state index is 0.828. The van der Waals surface area contributed by atoms with Crippen molar-refractivity contribution >= 4 is 31.9 Å². The van der Waals surface area contributed by atoms with E-state index in [9.17, 15) is 0 Å². The van der Waals surface area contributed by atoms with Crippen LogP contribution in [0.25, 0.3) is 0 Å². The number of alkyl halides is 2. The highest BCUT2D eigenvalue weighted by Crippen LogP contribution is 2.45. The third-order valence-electron chi connectivity index (χ3n) is 5.92. The second-order valence-electron chi connectivity index (χ2n) is 7.07. The van der Waals surface area contributed by atoms with E-state index < -0.39 is 0 Å². The third kappa shape index (κ3) is 3.16. The molecule has 104 valence electrons. The Morgan fingerprint density at radius 3 is 1.11 bits per heavy atom. The molecule has 6 aliphatic rings. The molecule has 4 bridgehead atoms. The summed E-state index contributed by atoms with van der Waals surface area (Å²) in [6.07, 6.45) is 14.9. The number of halogens is 2. The van der Waals surface area contributed by atoms with Crippen LogP contribution in [0.4, 0.5) is 0 Å². The van der Waals surface area contributed by atoms with E-state index in [1.54, 1.807) is 0 Å². The maximum absolute atomic E-state index is 3.99. The van der Waals surface area contributed by atoms with Gasteiger partial charge in [0.05, 0.1) is 0 Å². The molecule has 2 atom stereocenters. The van der Waals surface area contributed by atoms with Crippen molar-refractivity contribution in [3.63, 3.8) is 0 Å². The first-order valence-electron chi connectivity index (χ1n) is 8.00. The van der Waals surface area contributed by atoms with E-state index in [2.05, 4.69) is 31.9 Å². The molecule has 6 rings (SSSR count). The number of rotatable bonds is 0. The lowest BCUT2D eigenvalue weighted by atomic mass is 9.71. The fourth-order valence-corrected chi connectivity index (χ4v) is 6.71. The van der Waals surface area contributed by atoms with Crippen molar-refractivity contribution in [3.05, 3.63) is 0 Å². The van der Waals surface area contributed by atoms with Crippen LogP contribution in [-0.4, -0.2) is 9.65 Å². The molecule has 0 heterocycles. The van der Waals surface area contributed by atoms with Gasteiger partial charge in [0.2, 0.25) is 0 Å². The second-order valence-corrected chi connectivity index (χ2v) is 9.42. The van der Waals surface area contributed by atoms with Crippen molar-refractivity contribution in [2.75, 3.05) is 0 Å². The Morgan fingerprint density at radius 2 is 0.833 bits per heavy atom. The summed E-state index contributed by atoms with van der Waals surface area (Å²) in [6.45, 7) is 0. The summed E-state index contributed by atoms with van der Waals surface area (Å²) in [6, 6.07) is 0. The molecule has 0 spiro atoms. The predicted molar refractivity (Wildman–Crippen MR) is 85.6 cm³/mol. The summed E-state index contributed by atoms with van der Waals surface area (Å²) in [7, 11) is 0. The molecule has 6 fully saturated rings. The van der Waals surface area contributed by atoms with E-state index in [4.69, 9.17) is 0 Å². The van der Waals surface area contributed by atoms with Gasteiger partial charge >= 0.3 is 0 Å². The normalized spacial score (nSPS) is 49.7. The zero-order valence-corrected chi connectivity index (χ0v) is 14.5. The maximum Gasteiger partial charge on any atom is 0.0176 e. The molecule has 0 N–H and O–H groups in total. The molecule has 0 aromatic heterocycles. The monoisotopic (exact) mass is 376 g/mol. The highest BCUT2D eigenvalue weighted by atomic mass is 79.9. The quantitative estimate of drug-likeness (QED) is 0.459. The largest absolute Gasteiger partial charge is 0.0888 e. The topological polar surface area (TPSA) is 0 Å². The maximum atomic E-state index is 3.99. The summed E-state index contributed by atoms with van der Waals surface area (Å²) in [5.41, 5.74) is 0. The van der Waals surface area contributed by atoms with Crippen molar-refractivity contribution in [3.8, 4) is 0 Å². The zero-order valence-electron chi connectivity index (χ0n) is 11.3. The van der Waals surface area contributed by atoms with Gasteiger partial charge in [-0.2, -0.15) is 0 Å². The molecule has 2 unspecified atom stereocenters. The molecule has 0 aromatic rings. The van der Waals surface area contributed by atoms with Crippen molar-refractivity contribution in [2.45, 2.75) is 73.9 Å². The van der Waals surface area contributed by atoms with Crippen molar-refractivity contribution in [1.82, 2.24) is 0 Å². The van der Waals surface area contributed by atoms with Gasteiger partial charge in [-0.05, 0) is 62.2 Å². The van der Waals surface area contributed by atoms with Crippen LogP contribution >= 0.6 is 31.9 Å². The van der Waals surface area contributed by atoms with Crippen molar-refractivity contribution < 1.29 is 0 Å². The van der Waals surface area contributed by atoms with E-state index in [0.717, 1.165) is 33.3 Å². The minimum Gasteiger partial charge on any atom is -0.0888 e. The molecular weight excluding hydrogens is 352 g/mol. The molecule has 6 aliphatic carbocycles. The molecular formula is C16H26Br2. The van der Waals surface area contributed by atoms with Crippen LogP contribution in [-0.2, 0) is 0 Å². The molecule has 0 nitrogen and oxygen atoms in total. The summed E-state index contributed by atoms with van der Waals surface area (Å²) < 4.78 is 0. The molecule has 0 radical (unpaired) electrons. The van der Waals surface area contributed by atoms with Gasteiger partial charge in [-0.3, -0.25) is 0 Å². The fraction of sp³-hybridized carbons (Fsp3) is 1.00. The molecule has 6 saturated carbocycles. The van der Waals surface area contributed by atoms with Gasteiger partial charge < -0.3 is 0 Å². The Kier molecular flexibility index (Phi) is 4.76. The van der Waals surface area contributed by atoms with Crippen LogP contribution in [0.2, 0.25) is 0 Å². The second kappa shape index (κ2) is 6.16. The van der Waals surface area contributed by atoms with Crippen LogP contribution in [0.1, 0.15) is 64.2 Å². The Morgan fingerprint density at radius 1 is 0.500 bits per heavy atom. The summed E-state index contributed by atoms with van der Waals surface area (Å²) in [5.74, 6) is 3.99. The third-order valence-corrected chi connectivity index (χ3v) is 8.17. The molecule has 0 aromatic carbocycles. The van der Waals surface area contributed by atoms with Crippen LogP contribution in [0.15, 0.2) is 0 Å². The highest BCUT2D eigenvalue weighted by Gasteiger charge is 2.34. The van der Waals surface area contributed by atoms with Crippen LogP contribution in [0.5, 0.6) is 0 Å². The average Bonchev–Trinajstić information content (AvgIpc) is 2.34. The SMILES string of the molecule is BrC1C[C@H]2CC[C@@H]1CC[C@@H]1CC[C@H](CC2)C(Br)C1. The van der Waals surface area contributed by atoms with Gasteiger partial charge in [0.15, 0.2) is 0 Å².